The van der Waals surface area contributed by atoms with Crippen LogP contribution in [0.15, 0.2) is 11.1 Å². The maximum atomic E-state index is 13.4. The van der Waals surface area contributed by atoms with Crippen molar-refractivity contribution in [2.75, 3.05) is 0 Å². The van der Waals surface area contributed by atoms with Crippen molar-refractivity contribution in [1.82, 2.24) is 0 Å². The maximum Gasteiger partial charge on any atom is 0.430 e. The minimum Gasteiger partial charge on any atom is -0.224 e. The van der Waals surface area contributed by atoms with Crippen LogP contribution in [0.25, 0.3) is 0 Å². The fourth-order valence-electron chi connectivity index (χ4n) is 1.97. The molecule has 2 atom stereocenters. The zero-order valence-corrected chi connectivity index (χ0v) is 9.29. The van der Waals surface area contributed by atoms with Crippen molar-refractivity contribution in [2.45, 2.75) is 36.0 Å². The van der Waals surface area contributed by atoms with E-state index in [0.717, 1.165) is 0 Å². The third kappa shape index (κ3) is 2.05. The highest BCUT2D eigenvalue weighted by Crippen LogP contribution is 2.71. The lowest BCUT2D eigenvalue weighted by Crippen LogP contribution is -2.76. The van der Waals surface area contributed by atoms with Crippen molar-refractivity contribution in [3.63, 3.8) is 0 Å². The van der Waals surface area contributed by atoms with Gasteiger partial charge >= 0.3 is 24.7 Å². The van der Waals surface area contributed by atoms with E-state index in [1.165, 1.54) is 0 Å². The number of allylic oxidation sites excluding steroid dienone is 2. The highest BCUT2D eigenvalue weighted by Gasteiger charge is 2.94. The normalized spacial score (nSPS) is 31.4. The molecular formula is C8F14. The molecule has 0 aliphatic heterocycles. The highest BCUT2D eigenvalue weighted by atomic mass is 19.4. The van der Waals surface area contributed by atoms with Crippen LogP contribution in [0, 0.1) is 0 Å². The molecule has 0 spiro atoms. The number of hydrogen-bond acceptors (Lipinski definition) is 0. The molecule has 1 aliphatic rings. The Morgan fingerprint density at radius 2 is 0.636 bits per heavy atom. The Labute approximate surface area is 110 Å². The van der Waals surface area contributed by atoms with Gasteiger partial charge in [0.2, 0.25) is 0 Å². The first-order chi connectivity index (χ1) is 9.24. The zero-order valence-electron chi connectivity index (χ0n) is 9.29. The Hall–Kier alpha value is -1.24. The van der Waals surface area contributed by atoms with Crippen LogP contribution in [0.3, 0.4) is 0 Å². The molecular weight excluding hydrogens is 362 g/mol. The fraction of sp³-hybridized carbons (Fsp3) is 0.750. The first-order valence-corrected chi connectivity index (χ1v) is 4.65. The Morgan fingerprint density at radius 3 is 0.727 bits per heavy atom. The summed E-state index contributed by atoms with van der Waals surface area (Å²) in [5.74, 6) is 0. The maximum absolute atomic E-state index is 13.4. The van der Waals surface area contributed by atoms with Gasteiger partial charge in [-0.25, -0.2) is 8.78 Å². The summed E-state index contributed by atoms with van der Waals surface area (Å²) in [6.07, 6.45) is -28.2. The van der Waals surface area contributed by atoms with Crippen LogP contribution < -0.4 is 0 Å². The molecule has 2 unspecified atom stereocenters. The number of halogens is 14. The van der Waals surface area contributed by atoms with E-state index in [-0.39, 0.29) is 0 Å². The van der Waals surface area contributed by atoms with Gasteiger partial charge in [-0.3, -0.25) is 0 Å². The summed E-state index contributed by atoms with van der Waals surface area (Å²) in [4.78, 5) is 0. The van der Waals surface area contributed by atoms with Crippen molar-refractivity contribution in [3.8, 4) is 0 Å². The molecule has 1 aliphatic carbocycles. The van der Waals surface area contributed by atoms with Crippen molar-refractivity contribution in [2.24, 2.45) is 0 Å². The van der Waals surface area contributed by atoms with Crippen molar-refractivity contribution < 1.29 is 61.5 Å². The van der Waals surface area contributed by atoms with Crippen LogP contribution in [0.4, 0.5) is 61.5 Å². The van der Waals surface area contributed by atoms with Crippen LogP contribution in [-0.2, 0) is 0 Å². The van der Waals surface area contributed by atoms with Gasteiger partial charge in [-0.1, -0.05) is 0 Å². The van der Waals surface area contributed by atoms with Gasteiger partial charge in [0.1, 0.15) is 0 Å². The predicted octanol–water partition coefficient (Wildman–Crippen LogP) is 4.96. The van der Waals surface area contributed by atoms with E-state index in [1.807, 2.05) is 0 Å². The first kappa shape index (κ1) is 18.8. The Morgan fingerprint density at radius 1 is 0.455 bits per heavy atom. The van der Waals surface area contributed by atoms with Gasteiger partial charge in [0.15, 0.2) is 0 Å². The Kier molecular flexibility index (Phi) is 3.58. The molecule has 0 aromatic heterocycles. The Bertz CT molecular complexity index is 451. The second-order valence-corrected chi connectivity index (χ2v) is 4.06. The van der Waals surface area contributed by atoms with Crippen LogP contribution in [0.5, 0.6) is 0 Å². The molecule has 0 bridgehead atoms. The lowest BCUT2D eigenvalue weighted by molar-refractivity contribution is -0.358. The van der Waals surface area contributed by atoms with E-state index in [9.17, 15) is 61.5 Å². The molecule has 0 saturated heterocycles. The topological polar surface area (TPSA) is 0 Å². The Balaban J connectivity index is 3.96. The first-order valence-electron chi connectivity index (χ1n) is 4.65. The second-order valence-electron chi connectivity index (χ2n) is 4.06. The lowest BCUT2D eigenvalue weighted by Gasteiger charge is -2.52. The van der Waals surface area contributed by atoms with Crippen LogP contribution in [0.1, 0.15) is 0 Å². The highest BCUT2D eigenvalue weighted by molar-refractivity contribution is 5.57. The predicted molar refractivity (Wildman–Crippen MR) is 38.9 cm³/mol. The van der Waals surface area contributed by atoms with Gasteiger partial charge in [0, 0.05) is 0 Å². The summed E-state index contributed by atoms with van der Waals surface area (Å²) < 4.78 is 173. The van der Waals surface area contributed by atoms with Gasteiger partial charge in [0.05, 0.1) is 11.1 Å². The van der Waals surface area contributed by atoms with E-state index < -0.39 is 47.2 Å². The molecule has 0 aromatic carbocycles. The summed E-state index contributed by atoms with van der Waals surface area (Å²) in [5, 5.41) is 0. The average Bonchev–Trinajstić information content (AvgIpc) is 2.16. The number of alkyl halides is 14. The molecule has 22 heavy (non-hydrogen) atoms. The average molecular weight is 362 g/mol. The van der Waals surface area contributed by atoms with E-state index in [1.54, 1.807) is 0 Å². The molecule has 0 N–H and O–H groups in total. The van der Waals surface area contributed by atoms with Gasteiger partial charge in [0.25, 0.3) is 11.3 Å². The SMILES string of the molecule is FC(F)(F)C1=C(C(F)(F)F)C(F)(C(F)(F)F)C1(F)C(F)(F)F. The molecule has 0 nitrogen and oxygen atoms in total. The molecule has 0 aromatic rings. The molecule has 0 saturated carbocycles. The van der Waals surface area contributed by atoms with Crippen LogP contribution >= 0.6 is 0 Å². The fourth-order valence-corrected chi connectivity index (χ4v) is 1.97. The van der Waals surface area contributed by atoms with E-state index in [0.29, 0.717) is 0 Å². The summed E-state index contributed by atoms with van der Waals surface area (Å²) in [5.41, 5.74) is -22.5. The quantitative estimate of drug-likeness (QED) is 0.422. The van der Waals surface area contributed by atoms with Crippen LogP contribution in [-0.4, -0.2) is 36.0 Å². The summed E-state index contributed by atoms with van der Waals surface area (Å²) in [7, 11) is 0. The summed E-state index contributed by atoms with van der Waals surface area (Å²) in [6.45, 7) is 0. The minimum absolute atomic E-state index is 4.31. The second kappa shape index (κ2) is 4.19. The zero-order chi connectivity index (χ0) is 18.2. The van der Waals surface area contributed by atoms with Crippen molar-refractivity contribution in [3.05, 3.63) is 11.1 Å². The third-order valence-corrected chi connectivity index (χ3v) is 2.76. The largest absolute Gasteiger partial charge is 0.430 e. The molecule has 1 rings (SSSR count). The molecule has 0 heterocycles. The van der Waals surface area contributed by atoms with Crippen molar-refractivity contribution in [1.29, 1.82) is 0 Å². The van der Waals surface area contributed by atoms with E-state index >= 15 is 0 Å². The molecule has 14 heteroatoms. The van der Waals surface area contributed by atoms with E-state index in [2.05, 4.69) is 0 Å². The molecule has 130 valence electrons. The summed E-state index contributed by atoms with van der Waals surface area (Å²) in [6, 6.07) is 0. The molecule has 0 fully saturated rings. The van der Waals surface area contributed by atoms with Gasteiger partial charge < -0.3 is 0 Å². The lowest BCUT2D eigenvalue weighted by atomic mass is 9.61. The molecule has 0 radical (unpaired) electrons. The van der Waals surface area contributed by atoms with Crippen LogP contribution in [0.2, 0.25) is 0 Å². The van der Waals surface area contributed by atoms with Gasteiger partial charge in [-0.15, -0.1) is 0 Å². The number of rotatable bonds is 0. The van der Waals surface area contributed by atoms with Crippen molar-refractivity contribution >= 4 is 0 Å². The smallest absolute Gasteiger partial charge is 0.224 e. The number of hydrogen-bond donors (Lipinski definition) is 0. The summed E-state index contributed by atoms with van der Waals surface area (Å²) >= 11 is 0. The van der Waals surface area contributed by atoms with E-state index in [4.69, 9.17) is 0 Å². The van der Waals surface area contributed by atoms with Gasteiger partial charge in [-0.2, -0.15) is 52.7 Å². The van der Waals surface area contributed by atoms with Gasteiger partial charge in [-0.05, 0) is 0 Å². The monoisotopic (exact) mass is 362 g/mol. The standard InChI is InChI=1S/C8F14/c9-3(7(17,18)19)1(5(11,12)13)2(6(14,15)16)4(3,10)8(20,21)22. The third-order valence-electron chi connectivity index (χ3n) is 2.76. The molecule has 0 amide bonds. The minimum atomic E-state index is -7.24.